The molecule has 4 nitrogen and oxygen atoms in total. The molecule has 1 fully saturated rings. The van der Waals surface area contributed by atoms with Crippen molar-refractivity contribution in [2.24, 2.45) is 0 Å². The van der Waals surface area contributed by atoms with Gasteiger partial charge in [-0.05, 0) is 45.6 Å². The number of nitrogens with one attached hydrogen (secondary N) is 1. The minimum Gasteiger partial charge on any atom is -0.378 e. The van der Waals surface area contributed by atoms with E-state index in [2.05, 4.69) is 23.5 Å². The van der Waals surface area contributed by atoms with Crippen molar-refractivity contribution in [1.82, 2.24) is 15.1 Å². The first-order valence-corrected chi connectivity index (χ1v) is 7.64. The van der Waals surface area contributed by atoms with E-state index in [1.54, 1.807) is 0 Å². The highest BCUT2D eigenvalue weighted by molar-refractivity contribution is 5.10. The maximum absolute atomic E-state index is 5.80. The molecule has 1 aromatic heterocycles. The van der Waals surface area contributed by atoms with E-state index in [9.17, 15) is 0 Å². The topological polar surface area (TPSA) is 39.1 Å². The van der Waals surface area contributed by atoms with Crippen LogP contribution in [0.4, 0.5) is 0 Å². The quantitative estimate of drug-likeness (QED) is 0.824. The second-order valence-electron chi connectivity index (χ2n) is 5.44. The average Bonchev–Trinajstić information content (AvgIpc) is 2.90. The number of hydrogen-bond donors (Lipinski definition) is 1. The Morgan fingerprint density at radius 1 is 1.53 bits per heavy atom. The van der Waals surface area contributed by atoms with Gasteiger partial charge in [-0.15, -0.1) is 0 Å². The van der Waals surface area contributed by atoms with E-state index in [0.717, 1.165) is 32.4 Å². The molecule has 2 heterocycles. The summed E-state index contributed by atoms with van der Waals surface area (Å²) in [4.78, 5) is 0. The van der Waals surface area contributed by atoms with Crippen molar-refractivity contribution in [1.29, 1.82) is 0 Å². The number of aryl methyl sites for hydroxylation is 1. The fraction of sp³-hybridized carbons (Fsp3) is 0.800. The van der Waals surface area contributed by atoms with Crippen LogP contribution >= 0.6 is 0 Å². The highest BCUT2D eigenvalue weighted by Crippen LogP contribution is 2.23. The van der Waals surface area contributed by atoms with Gasteiger partial charge in [0.15, 0.2) is 0 Å². The van der Waals surface area contributed by atoms with Gasteiger partial charge in [0.25, 0.3) is 0 Å². The lowest BCUT2D eigenvalue weighted by atomic mass is 9.99. The highest BCUT2D eigenvalue weighted by atomic mass is 16.5. The lowest BCUT2D eigenvalue weighted by Crippen LogP contribution is -2.22. The third kappa shape index (κ3) is 4.32. The predicted octanol–water partition coefficient (Wildman–Crippen LogP) is 2.90. The molecule has 0 aromatic carbocycles. The summed E-state index contributed by atoms with van der Waals surface area (Å²) in [5.41, 5.74) is 1.30. The molecule has 0 radical (unpaired) electrons. The van der Waals surface area contributed by atoms with Crippen molar-refractivity contribution in [3.63, 3.8) is 0 Å². The summed E-state index contributed by atoms with van der Waals surface area (Å²) in [7, 11) is 2.03. The van der Waals surface area contributed by atoms with Gasteiger partial charge in [0.1, 0.15) is 0 Å². The number of ether oxygens (including phenoxy) is 1. The van der Waals surface area contributed by atoms with Crippen LogP contribution in [0.15, 0.2) is 12.4 Å². The predicted molar refractivity (Wildman–Crippen MR) is 77.1 cm³/mol. The third-order valence-corrected chi connectivity index (χ3v) is 3.91. The lowest BCUT2D eigenvalue weighted by Gasteiger charge is -2.24. The molecule has 19 heavy (non-hydrogen) atoms. The number of aromatic nitrogens is 2. The first kappa shape index (κ1) is 14.5. The van der Waals surface area contributed by atoms with Gasteiger partial charge >= 0.3 is 0 Å². The fourth-order valence-electron chi connectivity index (χ4n) is 2.78. The molecular formula is C15H27N3O. The zero-order chi connectivity index (χ0) is 13.5. The van der Waals surface area contributed by atoms with Crippen LogP contribution in [0.25, 0.3) is 0 Å². The van der Waals surface area contributed by atoms with Crippen LogP contribution < -0.4 is 5.32 Å². The number of nitrogens with zero attached hydrogens (tertiary/aromatic N) is 2. The SMILES string of the molecule is CCCn1cc(C(CCC2CCCCO2)NC)cn1. The van der Waals surface area contributed by atoms with E-state index in [0.29, 0.717) is 12.1 Å². The Kier molecular flexibility index (Phi) is 5.86. The molecule has 0 aliphatic carbocycles. The molecule has 2 atom stereocenters. The molecule has 1 aliphatic heterocycles. The lowest BCUT2D eigenvalue weighted by molar-refractivity contribution is 0.00866. The Labute approximate surface area is 116 Å². The Bertz CT molecular complexity index is 358. The summed E-state index contributed by atoms with van der Waals surface area (Å²) >= 11 is 0. The van der Waals surface area contributed by atoms with E-state index < -0.39 is 0 Å². The zero-order valence-electron chi connectivity index (χ0n) is 12.3. The van der Waals surface area contributed by atoms with Crippen LogP contribution in [-0.2, 0) is 11.3 Å². The monoisotopic (exact) mass is 265 g/mol. The summed E-state index contributed by atoms with van der Waals surface area (Å²) in [6.45, 7) is 4.13. The van der Waals surface area contributed by atoms with Crippen LogP contribution in [0.5, 0.6) is 0 Å². The first-order chi connectivity index (χ1) is 9.33. The van der Waals surface area contributed by atoms with Gasteiger partial charge in [-0.3, -0.25) is 4.68 Å². The standard InChI is InChI=1S/C15H27N3O/c1-3-9-18-12-13(11-17-18)15(16-2)8-7-14-6-4-5-10-19-14/h11-12,14-16H,3-10H2,1-2H3. The summed E-state index contributed by atoms with van der Waals surface area (Å²) in [6.07, 6.45) is 11.8. The van der Waals surface area contributed by atoms with Crippen LogP contribution in [-0.4, -0.2) is 29.5 Å². The Morgan fingerprint density at radius 3 is 3.11 bits per heavy atom. The molecule has 0 saturated carbocycles. The molecular weight excluding hydrogens is 238 g/mol. The summed E-state index contributed by atoms with van der Waals surface area (Å²) in [6, 6.07) is 0.399. The van der Waals surface area contributed by atoms with Gasteiger partial charge < -0.3 is 10.1 Å². The van der Waals surface area contributed by atoms with Crippen molar-refractivity contribution in [3.8, 4) is 0 Å². The van der Waals surface area contributed by atoms with Crippen LogP contribution in [0.1, 0.15) is 57.1 Å². The minimum absolute atomic E-state index is 0.399. The smallest absolute Gasteiger partial charge is 0.0575 e. The van der Waals surface area contributed by atoms with Crippen molar-refractivity contribution in [3.05, 3.63) is 18.0 Å². The molecule has 0 spiro atoms. The molecule has 2 rings (SSSR count). The minimum atomic E-state index is 0.399. The van der Waals surface area contributed by atoms with E-state index >= 15 is 0 Å². The van der Waals surface area contributed by atoms with E-state index in [1.165, 1.54) is 24.8 Å². The normalized spacial score (nSPS) is 21.5. The maximum Gasteiger partial charge on any atom is 0.0575 e. The summed E-state index contributed by atoms with van der Waals surface area (Å²) in [5, 5.41) is 7.82. The Balaban J connectivity index is 1.84. The van der Waals surface area contributed by atoms with E-state index in [-0.39, 0.29) is 0 Å². The first-order valence-electron chi connectivity index (χ1n) is 7.64. The van der Waals surface area contributed by atoms with Gasteiger partial charge in [-0.1, -0.05) is 6.92 Å². The summed E-state index contributed by atoms with van der Waals surface area (Å²) < 4.78 is 7.84. The van der Waals surface area contributed by atoms with Gasteiger partial charge in [0.2, 0.25) is 0 Å². The summed E-state index contributed by atoms with van der Waals surface area (Å²) in [5.74, 6) is 0. The van der Waals surface area contributed by atoms with Crippen molar-refractivity contribution >= 4 is 0 Å². The van der Waals surface area contributed by atoms with Crippen LogP contribution in [0.3, 0.4) is 0 Å². The molecule has 1 N–H and O–H groups in total. The fourth-order valence-corrected chi connectivity index (χ4v) is 2.78. The molecule has 0 bridgehead atoms. The van der Waals surface area contributed by atoms with Crippen LogP contribution in [0.2, 0.25) is 0 Å². The third-order valence-electron chi connectivity index (χ3n) is 3.91. The molecule has 108 valence electrons. The molecule has 1 aromatic rings. The van der Waals surface area contributed by atoms with Crippen molar-refractivity contribution in [2.75, 3.05) is 13.7 Å². The van der Waals surface area contributed by atoms with Gasteiger partial charge in [-0.2, -0.15) is 5.10 Å². The van der Waals surface area contributed by atoms with Gasteiger partial charge in [-0.25, -0.2) is 0 Å². The van der Waals surface area contributed by atoms with E-state index in [1.807, 2.05) is 17.9 Å². The molecule has 1 aliphatic rings. The molecule has 1 saturated heterocycles. The number of rotatable bonds is 7. The second kappa shape index (κ2) is 7.65. The Hall–Kier alpha value is -0.870. The zero-order valence-corrected chi connectivity index (χ0v) is 12.3. The maximum atomic E-state index is 5.80. The van der Waals surface area contributed by atoms with Crippen LogP contribution in [0, 0.1) is 0 Å². The molecule has 4 heteroatoms. The average molecular weight is 265 g/mol. The largest absolute Gasteiger partial charge is 0.378 e. The van der Waals surface area contributed by atoms with Gasteiger partial charge in [0.05, 0.1) is 12.3 Å². The van der Waals surface area contributed by atoms with Crippen molar-refractivity contribution < 1.29 is 4.74 Å². The Morgan fingerprint density at radius 2 is 2.42 bits per heavy atom. The van der Waals surface area contributed by atoms with Gasteiger partial charge in [0, 0.05) is 31.0 Å². The molecule has 0 amide bonds. The second-order valence-corrected chi connectivity index (χ2v) is 5.44. The van der Waals surface area contributed by atoms with Crippen molar-refractivity contribution in [2.45, 2.75) is 64.1 Å². The highest BCUT2D eigenvalue weighted by Gasteiger charge is 2.17. The number of hydrogen-bond acceptors (Lipinski definition) is 3. The molecule has 2 unspecified atom stereocenters. The van der Waals surface area contributed by atoms with E-state index in [4.69, 9.17) is 4.74 Å².